The third kappa shape index (κ3) is 7.37. The minimum atomic E-state index is 0.422. The van der Waals surface area contributed by atoms with Gasteiger partial charge in [-0.2, -0.15) is 0 Å². The number of hydrogen-bond donors (Lipinski definition) is 3. The summed E-state index contributed by atoms with van der Waals surface area (Å²) in [6.45, 7) is 23.3. The van der Waals surface area contributed by atoms with Gasteiger partial charge >= 0.3 is 0 Å². The normalized spacial score (nSPS) is 38.4. The standard InChI is InChI=1S/C23H39N.C8H16N2O.C2H6/c1-6-8-17-9-10-18-20-12-11-19(16(3)24)23(20,5)15-13-21(18)22(17,4)14-7-2;1-7-5-8(10-6-7)3-4-11-9-2;1-2/h6,17-21,24H,1,7-15H2,2-5H3;8-10H,1,3-6H2,2H3;1-2H3. The summed E-state index contributed by atoms with van der Waals surface area (Å²) in [7, 11) is 1.78. The highest BCUT2D eigenvalue weighted by molar-refractivity contribution is 5.82. The van der Waals surface area contributed by atoms with Gasteiger partial charge in [-0.25, -0.2) is 5.48 Å². The smallest absolute Gasteiger partial charge is 0.0697 e. The Morgan fingerprint density at radius 3 is 2.46 bits per heavy atom. The van der Waals surface area contributed by atoms with Crippen molar-refractivity contribution < 1.29 is 4.84 Å². The molecule has 0 amide bonds. The van der Waals surface area contributed by atoms with Gasteiger partial charge in [-0.3, -0.25) is 0 Å². The Kier molecular flexibility index (Phi) is 13.1. The fourth-order valence-corrected chi connectivity index (χ4v) is 9.05. The Morgan fingerprint density at radius 2 is 1.89 bits per heavy atom. The van der Waals surface area contributed by atoms with Crippen molar-refractivity contribution >= 4 is 5.71 Å². The first-order valence-electron chi connectivity index (χ1n) is 15.6. The van der Waals surface area contributed by atoms with Gasteiger partial charge in [-0.05, 0) is 106 Å². The summed E-state index contributed by atoms with van der Waals surface area (Å²) in [6, 6.07) is 0.579. The first-order valence-corrected chi connectivity index (χ1v) is 15.6. The Labute approximate surface area is 230 Å². The van der Waals surface area contributed by atoms with Crippen LogP contribution in [0.2, 0.25) is 0 Å². The molecule has 3 saturated carbocycles. The summed E-state index contributed by atoms with van der Waals surface area (Å²) in [5, 5.41) is 11.6. The van der Waals surface area contributed by atoms with E-state index in [1.807, 2.05) is 13.8 Å². The second kappa shape index (κ2) is 15.0. The van der Waals surface area contributed by atoms with E-state index in [2.05, 4.69) is 57.7 Å². The highest BCUT2D eigenvalue weighted by Crippen LogP contribution is 2.66. The monoisotopic (exact) mass is 515 g/mol. The van der Waals surface area contributed by atoms with Crippen molar-refractivity contribution in [3.63, 3.8) is 0 Å². The van der Waals surface area contributed by atoms with Crippen molar-refractivity contribution in [2.45, 2.75) is 118 Å². The SMILES string of the molecule is C=C1CNC(CCONC)C1.C=CCC1CCC2C(CCC3(C)C(C(C)=N)CCC23)C1(C)CCC.CC. The van der Waals surface area contributed by atoms with Crippen LogP contribution < -0.4 is 10.8 Å². The van der Waals surface area contributed by atoms with Gasteiger partial charge in [0, 0.05) is 31.3 Å². The number of nitrogens with one attached hydrogen (secondary N) is 3. The van der Waals surface area contributed by atoms with Crippen LogP contribution in [0.3, 0.4) is 0 Å². The lowest BCUT2D eigenvalue weighted by Gasteiger charge is -2.59. The Hall–Kier alpha value is -0.970. The lowest BCUT2D eigenvalue weighted by atomic mass is 9.46. The molecule has 37 heavy (non-hydrogen) atoms. The van der Waals surface area contributed by atoms with E-state index in [4.69, 9.17) is 10.2 Å². The quantitative estimate of drug-likeness (QED) is 0.125. The molecule has 0 aromatic carbocycles. The van der Waals surface area contributed by atoms with Crippen LogP contribution in [0.5, 0.6) is 0 Å². The number of hydroxylamine groups is 1. The number of rotatable bonds is 9. The topological polar surface area (TPSA) is 57.1 Å². The second-order valence-electron chi connectivity index (χ2n) is 12.7. The van der Waals surface area contributed by atoms with E-state index in [0.29, 0.717) is 22.8 Å². The van der Waals surface area contributed by atoms with Crippen LogP contribution in [-0.2, 0) is 4.84 Å². The van der Waals surface area contributed by atoms with Crippen LogP contribution in [0, 0.1) is 45.8 Å². The van der Waals surface area contributed by atoms with Crippen molar-refractivity contribution in [1.29, 1.82) is 5.41 Å². The molecule has 4 aliphatic rings. The van der Waals surface area contributed by atoms with Crippen molar-refractivity contribution in [3.8, 4) is 0 Å². The van der Waals surface area contributed by atoms with Gasteiger partial charge in [0.15, 0.2) is 0 Å². The Morgan fingerprint density at radius 1 is 1.16 bits per heavy atom. The van der Waals surface area contributed by atoms with Gasteiger partial charge < -0.3 is 15.6 Å². The molecule has 4 heteroatoms. The predicted octanol–water partition coefficient (Wildman–Crippen LogP) is 8.35. The second-order valence-corrected chi connectivity index (χ2v) is 12.7. The molecular weight excluding hydrogens is 454 g/mol. The number of hydrogen-bond acceptors (Lipinski definition) is 4. The molecule has 8 atom stereocenters. The van der Waals surface area contributed by atoms with Crippen molar-refractivity contribution in [2.75, 3.05) is 20.2 Å². The molecule has 1 aliphatic heterocycles. The van der Waals surface area contributed by atoms with Crippen molar-refractivity contribution in [3.05, 3.63) is 24.8 Å². The van der Waals surface area contributed by atoms with E-state index in [1.165, 1.54) is 63.4 Å². The molecule has 0 radical (unpaired) electrons. The minimum Gasteiger partial charge on any atom is -0.310 e. The average molecular weight is 516 g/mol. The van der Waals surface area contributed by atoms with Gasteiger partial charge in [0.1, 0.15) is 0 Å². The fourth-order valence-electron chi connectivity index (χ4n) is 9.05. The van der Waals surface area contributed by atoms with E-state index in [0.717, 1.165) is 55.4 Å². The van der Waals surface area contributed by atoms with E-state index >= 15 is 0 Å². The van der Waals surface area contributed by atoms with Crippen molar-refractivity contribution in [1.82, 2.24) is 10.8 Å². The maximum atomic E-state index is 8.29. The molecule has 3 aliphatic carbocycles. The van der Waals surface area contributed by atoms with Crippen LogP contribution in [0.15, 0.2) is 24.8 Å². The van der Waals surface area contributed by atoms with E-state index in [9.17, 15) is 0 Å². The lowest BCUT2D eigenvalue weighted by Crippen LogP contribution is -2.52. The first kappa shape index (κ1) is 32.2. The van der Waals surface area contributed by atoms with Crippen molar-refractivity contribution in [2.24, 2.45) is 40.4 Å². The van der Waals surface area contributed by atoms with Gasteiger partial charge in [-0.1, -0.05) is 59.3 Å². The van der Waals surface area contributed by atoms with Gasteiger partial charge in [0.2, 0.25) is 0 Å². The maximum absolute atomic E-state index is 8.29. The Bertz CT molecular complexity index is 735. The van der Waals surface area contributed by atoms with E-state index < -0.39 is 0 Å². The summed E-state index contributed by atoms with van der Waals surface area (Å²) in [6.07, 6.45) is 16.5. The average Bonchev–Trinajstić information content (AvgIpc) is 3.45. The maximum Gasteiger partial charge on any atom is 0.0697 e. The molecule has 4 fully saturated rings. The molecule has 0 aromatic heterocycles. The van der Waals surface area contributed by atoms with E-state index in [1.54, 1.807) is 7.05 Å². The third-order valence-corrected chi connectivity index (χ3v) is 10.7. The molecule has 4 nitrogen and oxygen atoms in total. The molecule has 0 bridgehead atoms. The fraction of sp³-hybridized carbons (Fsp3) is 0.848. The zero-order chi connectivity index (χ0) is 27.6. The van der Waals surface area contributed by atoms with Gasteiger partial charge in [-0.15, -0.1) is 6.58 Å². The molecule has 1 saturated heterocycles. The molecule has 3 N–H and O–H groups in total. The molecule has 0 aromatic rings. The van der Waals surface area contributed by atoms with Crippen LogP contribution in [-0.4, -0.2) is 32.0 Å². The molecule has 0 spiro atoms. The van der Waals surface area contributed by atoms with Gasteiger partial charge in [0.05, 0.1) is 6.61 Å². The van der Waals surface area contributed by atoms with Gasteiger partial charge in [0.25, 0.3) is 0 Å². The molecule has 8 unspecified atom stereocenters. The molecule has 4 rings (SSSR count). The summed E-state index contributed by atoms with van der Waals surface area (Å²) in [4.78, 5) is 5.01. The van der Waals surface area contributed by atoms with Crippen LogP contribution >= 0.6 is 0 Å². The summed E-state index contributed by atoms with van der Waals surface area (Å²) < 4.78 is 0. The molecule has 214 valence electrons. The Balaban J connectivity index is 0.000000311. The van der Waals surface area contributed by atoms with Crippen LogP contribution in [0.25, 0.3) is 0 Å². The van der Waals surface area contributed by atoms with Crippen LogP contribution in [0.1, 0.15) is 112 Å². The lowest BCUT2D eigenvalue weighted by molar-refractivity contribution is -0.0941. The zero-order valence-corrected chi connectivity index (χ0v) is 25.6. The molecule has 1 heterocycles. The summed E-state index contributed by atoms with van der Waals surface area (Å²) in [5.74, 6) is 4.13. The highest BCUT2D eigenvalue weighted by Gasteiger charge is 2.59. The molecular formula is C33H61N3O. The largest absolute Gasteiger partial charge is 0.310 e. The zero-order valence-electron chi connectivity index (χ0n) is 25.6. The first-order chi connectivity index (χ1) is 17.7. The summed E-state index contributed by atoms with van der Waals surface area (Å²) >= 11 is 0. The van der Waals surface area contributed by atoms with E-state index in [-0.39, 0.29) is 0 Å². The van der Waals surface area contributed by atoms with Crippen LogP contribution in [0.4, 0.5) is 0 Å². The summed E-state index contributed by atoms with van der Waals surface area (Å²) in [5.41, 5.74) is 5.85. The predicted molar refractivity (Wildman–Crippen MR) is 161 cm³/mol. The number of fused-ring (bicyclic) bond motifs is 3. The minimum absolute atomic E-state index is 0.422. The number of allylic oxidation sites excluding steroid dienone is 1. The third-order valence-electron chi connectivity index (χ3n) is 10.7. The highest BCUT2D eigenvalue weighted by atomic mass is 16.6.